The van der Waals surface area contributed by atoms with Crippen LogP contribution in [0, 0.1) is 0 Å². The van der Waals surface area contributed by atoms with E-state index in [0.717, 1.165) is 24.9 Å². The van der Waals surface area contributed by atoms with Crippen molar-refractivity contribution in [3.63, 3.8) is 0 Å². The number of carbonyl (C=O) groups is 1. The zero-order valence-corrected chi connectivity index (χ0v) is 7.36. The molecule has 1 N–H and O–H groups in total. The van der Waals surface area contributed by atoms with Gasteiger partial charge in [-0.05, 0) is 31.5 Å². The van der Waals surface area contributed by atoms with E-state index in [9.17, 15) is 4.79 Å². The van der Waals surface area contributed by atoms with Crippen molar-refractivity contribution in [2.45, 2.75) is 18.9 Å². The van der Waals surface area contributed by atoms with Crippen LogP contribution in [0.2, 0.25) is 0 Å². The van der Waals surface area contributed by atoms with Crippen LogP contribution in [0.25, 0.3) is 0 Å². The summed E-state index contributed by atoms with van der Waals surface area (Å²) in [5.41, 5.74) is 1.69. The van der Waals surface area contributed by atoms with Crippen molar-refractivity contribution in [1.29, 1.82) is 0 Å². The smallest absolute Gasteiger partial charge is 0.151 e. The molecule has 0 radical (unpaired) electrons. The molecule has 13 heavy (non-hydrogen) atoms. The number of rotatable bonds is 2. The molecular formula is C10H12N2O. The largest absolute Gasteiger partial charge is 0.309 e. The highest BCUT2D eigenvalue weighted by molar-refractivity contribution is 5.73. The highest BCUT2D eigenvalue weighted by atomic mass is 16.1. The van der Waals surface area contributed by atoms with E-state index >= 15 is 0 Å². The number of aldehydes is 1. The predicted molar refractivity (Wildman–Crippen MR) is 49.6 cm³/mol. The van der Waals surface area contributed by atoms with Gasteiger partial charge < -0.3 is 5.32 Å². The summed E-state index contributed by atoms with van der Waals surface area (Å²) in [5.74, 6) is 0. The number of hydrogen-bond donors (Lipinski definition) is 1. The van der Waals surface area contributed by atoms with E-state index in [2.05, 4.69) is 10.3 Å². The lowest BCUT2D eigenvalue weighted by Crippen LogP contribution is -2.14. The Balaban J connectivity index is 2.16. The quantitative estimate of drug-likeness (QED) is 0.691. The third-order valence-electron chi connectivity index (χ3n) is 2.36. The van der Waals surface area contributed by atoms with Crippen molar-refractivity contribution in [2.75, 3.05) is 6.54 Å². The maximum Gasteiger partial charge on any atom is 0.151 e. The maximum atomic E-state index is 10.4. The summed E-state index contributed by atoms with van der Waals surface area (Å²) in [5, 5.41) is 3.36. The van der Waals surface area contributed by atoms with Gasteiger partial charge in [-0.15, -0.1) is 0 Å². The Kier molecular flexibility index (Phi) is 2.36. The molecule has 1 aliphatic heterocycles. The number of aromatic nitrogens is 1. The highest BCUT2D eigenvalue weighted by Gasteiger charge is 2.16. The minimum Gasteiger partial charge on any atom is -0.309 e. The molecular weight excluding hydrogens is 164 g/mol. The molecule has 3 nitrogen and oxygen atoms in total. The topological polar surface area (TPSA) is 42.0 Å². The van der Waals surface area contributed by atoms with E-state index in [1.807, 2.05) is 12.1 Å². The molecule has 1 atom stereocenters. The second kappa shape index (κ2) is 3.66. The van der Waals surface area contributed by atoms with Crippen LogP contribution in [0.3, 0.4) is 0 Å². The highest BCUT2D eigenvalue weighted by Crippen LogP contribution is 2.20. The van der Waals surface area contributed by atoms with Gasteiger partial charge in [-0.25, -0.2) is 0 Å². The number of nitrogens with one attached hydrogen (secondary N) is 1. The molecule has 1 aromatic heterocycles. The Morgan fingerprint density at radius 3 is 3.00 bits per heavy atom. The van der Waals surface area contributed by atoms with Crippen LogP contribution >= 0.6 is 0 Å². The molecule has 0 aromatic carbocycles. The van der Waals surface area contributed by atoms with E-state index in [-0.39, 0.29) is 0 Å². The fourth-order valence-corrected chi connectivity index (χ4v) is 1.63. The fraction of sp³-hybridized carbons (Fsp3) is 0.400. The van der Waals surface area contributed by atoms with Gasteiger partial charge in [0.25, 0.3) is 0 Å². The van der Waals surface area contributed by atoms with Gasteiger partial charge in [0.05, 0.1) is 5.69 Å². The van der Waals surface area contributed by atoms with Gasteiger partial charge in [-0.3, -0.25) is 9.78 Å². The summed E-state index contributed by atoms with van der Waals surface area (Å²) in [7, 11) is 0. The second-order valence-electron chi connectivity index (χ2n) is 3.28. The van der Waals surface area contributed by atoms with E-state index in [0.29, 0.717) is 11.6 Å². The van der Waals surface area contributed by atoms with Crippen molar-refractivity contribution in [3.05, 3.63) is 29.6 Å². The van der Waals surface area contributed by atoms with Gasteiger partial charge in [-0.2, -0.15) is 0 Å². The van der Waals surface area contributed by atoms with Gasteiger partial charge in [0.2, 0.25) is 0 Å². The van der Waals surface area contributed by atoms with Crippen LogP contribution in [0.15, 0.2) is 18.3 Å². The number of hydrogen-bond acceptors (Lipinski definition) is 3. The van der Waals surface area contributed by atoms with Crippen molar-refractivity contribution in [2.24, 2.45) is 0 Å². The van der Waals surface area contributed by atoms with Gasteiger partial charge >= 0.3 is 0 Å². The minimum atomic E-state index is 0.390. The van der Waals surface area contributed by atoms with Crippen LogP contribution < -0.4 is 5.32 Å². The van der Waals surface area contributed by atoms with Gasteiger partial charge in [0, 0.05) is 17.8 Å². The predicted octanol–water partition coefficient (Wildman–Crippen LogP) is 1.32. The number of pyridine rings is 1. The Labute approximate surface area is 77.2 Å². The van der Waals surface area contributed by atoms with Gasteiger partial charge in [-0.1, -0.05) is 0 Å². The molecule has 0 spiro atoms. The molecule has 1 aromatic rings. The molecule has 0 saturated carbocycles. The first-order chi connectivity index (χ1) is 6.40. The number of carbonyl (C=O) groups excluding carboxylic acids is 1. The molecule has 1 fully saturated rings. The molecule has 3 heteroatoms. The van der Waals surface area contributed by atoms with Gasteiger partial charge in [0.15, 0.2) is 6.29 Å². The lowest BCUT2D eigenvalue weighted by atomic mass is 10.1. The number of nitrogens with zero attached hydrogens (tertiary/aromatic N) is 1. The van der Waals surface area contributed by atoms with E-state index < -0.39 is 0 Å². The van der Waals surface area contributed by atoms with Crippen molar-refractivity contribution >= 4 is 6.29 Å². The lowest BCUT2D eigenvalue weighted by molar-refractivity contribution is 0.112. The summed E-state index contributed by atoms with van der Waals surface area (Å²) in [6.07, 6.45) is 4.80. The molecule has 0 bridgehead atoms. The van der Waals surface area contributed by atoms with Crippen LogP contribution in [-0.4, -0.2) is 17.8 Å². The summed E-state index contributed by atoms with van der Waals surface area (Å²) < 4.78 is 0. The van der Waals surface area contributed by atoms with Crippen LogP contribution in [-0.2, 0) is 0 Å². The normalized spacial score (nSPS) is 21.7. The van der Waals surface area contributed by atoms with E-state index in [1.54, 1.807) is 6.20 Å². The lowest BCUT2D eigenvalue weighted by Gasteiger charge is -2.08. The maximum absolute atomic E-state index is 10.4. The van der Waals surface area contributed by atoms with Crippen molar-refractivity contribution in [1.82, 2.24) is 10.3 Å². The Hall–Kier alpha value is -1.22. The summed E-state index contributed by atoms with van der Waals surface area (Å²) in [6.45, 7) is 1.07. The summed E-state index contributed by atoms with van der Waals surface area (Å²) in [4.78, 5) is 14.6. The molecule has 1 saturated heterocycles. The Bertz CT molecular complexity index is 288. The molecule has 2 heterocycles. The molecule has 0 unspecified atom stereocenters. The van der Waals surface area contributed by atoms with Crippen LogP contribution in [0.5, 0.6) is 0 Å². The van der Waals surface area contributed by atoms with Crippen molar-refractivity contribution < 1.29 is 4.79 Å². The Morgan fingerprint density at radius 1 is 1.54 bits per heavy atom. The van der Waals surface area contributed by atoms with E-state index in [1.165, 1.54) is 6.42 Å². The first-order valence-electron chi connectivity index (χ1n) is 4.54. The monoisotopic (exact) mass is 176 g/mol. The SMILES string of the molecule is O=Cc1ccc([C@H]2CCCN2)nc1. The fourth-order valence-electron chi connectivity index (χ4n) is 1.63. The molecule has 68 valence electrons. The third kappa shape index (κ3) is 1.75. The Morgan fingerprint density at radius 2 is 2.46 bits per heavy atom. The molecule has 1 aliphatic rings. The zero-order chi connectivity index (χ0) is 9.10. The first kappa shape index (κ1) is 8.38. The standard InChI is InChI=1S/C10H12N2O/c13-7-8-3-4-10(12-6-8)9-2-1-5-11-9/h3-4,6-7,9,11H,1-2,5H2/t9-/m1/s1. The van der Waals surface area contributed by atoms with Crippen LogP contribution in [0.4, 0.5) is 0 Å². The average Bonchev–Trinajstić information content (AvgIpc) is 2.71. The van der Waals surface area contributed by atoms with E-state index in [4.69, 9.17) is 0 Å². The van der Waals surface area contributed by atoms with Gasteiger partial charge in [0.1, 0.15) is 0 Å². The molecule has 2 rings (SSSR count). The minimum absolute atomic E-state index is 0.390. The summed E-state index contributed by atoms with van der Waals surface area (Å²) in [6, 6.07) is 4.13. The molecule has 0 aliphatic carbocycles. The first-order valence-corrected chi connectivity index (χ1v) is 4.54. The molecule has 0 amide bonds. The van der Waals surface area contributed by atoms with Crippen molar-refractivity contribution in [3.8, 4) is 0 Å². The average molecular weight is 176 g/mol. The zero-order valence-electron chi connectivity index (χ0n) is 7.36. The third-order valence-corrected chi connectivity index (χ3v) is 2.36. The van der Waals surface area contributed by atoms with Crippen LogP contribution in [0.1, 0.15) is 34.9 Å². The second-order valence-corrected chi connectivity index (χ2v) is 3.28. The summed E-state index contributed by atoms with van der Waals surface area (Å²) >= 11 is 0.